The number of hydrogen-bond donors (Lipinski definition) is 2. The van der Waals surface area contributed by atoms with Crippen LogP contribution in [0.4, 0.5) is 5.69 Å². The van der Waals surface area contributed by atoms with Gasteiger partial charge in [0.05, 0.1) is 0 Å². The molecule has 0 spiro atoms. The van der Waals surface area contributed by atoms with Crippen molar-refractivity contribution in [3.05, 3.63) is 29.3 Å². The van der Waals surface area contributed by atoms with E-state index in [1.807, 2.05) is 12.1 Å². The van der Waals surface area contributed by atoms with Crippen molar-refractivity contribution in [2.45, 2.75) is 57.9 Å². The molecule has 0 aromatic heterocycles. The first-order chi connectivity index (χ1) is 9.22. The molecule has 1 aliphatic carbocycles. The van der Waals surface area contributed by atoms with E-state index in [9.17, 15) is 9.90 Å². The van der Waals surface area contributed by atoms with Crippen LogP contribution in [0.1, 0.15) is 50.2 Å². The SMILES string of the molecule is CCCCC(Nc1cccc2c1CCCC2)C(=O)O. The van der Waals surface area contributed by atoms with Gasteiger partial charge in [-0.3, -0.25) is 0 Å². The zero-order valence-electron chi connectivity index (χ0n) is 11.6. The lowest BCUT2D eigenvalue weighted by Gasteiger charge is -2.23. The molecule has 1 unspecified atom stereocenters. The van der Waals surface area contributed by atoms with Crippen molar-refractivity contribution in [3.8, 4) is 0 Å². The van der Waals surface area contributed by atoms with Crippen LogP contribution in [0.2, 0.25) is 0 Å². The second-order valence-electron chi connectivity index (χ2n) is 5.33. The maximum atomic E-state index is 11.3. The Morgan fingerprint density at radius 2 is 2.16 bits per heavy atom. The van der Waals surface area contributed by atoms with Crippen molar-refractivity contribution in [1.82, 2.24) is 0 Å². The number of benzene rings is 1. The predicted octanol–water partition coefficient (Wildman–Crippen LogP) is 3.62. The molecular formula is C16H23NO2. The molecule has 2 rings (SSSR count). The van der Waals surface area contributed by atoms with Crippen molar-refractivity contribution in [3.63, 3.8) is 0 Å². The standard InChI is InChI=1S/C16H23NO2/c1-2-3-10-15(16(18)19)17-14-11-6-8-12-7-4-5-9-13(12)14/h6,8,11,15,17H,2-5,7,9-10H2,1H3,(H,18,19). The van der Waals surface area contributed by atoms with E-state index >= 15 is 0 Å². The van der Waals surface area contributed by atoms with Gasteiger partial charge in [0.2, 0.25) is 0 Å². The number of nitrogens with one attached hydrogen (secondary N) is 1. The first kappa shape index (κ1) is 13.9. The number of fused-ring (bicyclic) bond motifs is 1. The smallest absolute Gasteiger partial charge is 0.326 e. The van der Waals surface area contributed by atoms with Crippen LogP contribution in [0.5, 0.6) is 0 Å². The molecule has 1 aliphatic rings. The molecule has 1 aromatic rings. The lowest BCUT2D eigenvalue weighted by atomic mass is 9.90. The van der Waals surface area contributed by atoms with Crippen molar-refractivity contribution < 1.29 is 9.90 Å². The molecule has 0 saturated carbocycles. The topological polar surface area (TPSA) is 49.3 Å². The molecule has 0 saturated heterocycles. The number of carbonyl (C=O) groups is 1. The van der Waals surface area contributed by atoms with Gasteiger partial charge >= 0.3 is 5.97 Å². The normalized spacial score (nSPS) is 15.6. The van der Waals surface area contributed by atoms with E-state index in [4.69, 9.17) is 0 Å². The Kier molecular flexibility index (Phi) is 4.83. The molecule has 0 radical (unpaired) electrons. The summed E-state index contributed by atoms with van der Waals surface area (Å²) in [7, 11) is 0. The number of anilines is 1. The molecule has 0 heterocycles. The Morgan fingerprint density at radius 1 is 1.37 bits per heavy atom. The Bertz CT molecular complexity index is 442. The molecule has 2 N–H and O–H groups in total. The van der Waals surface area contributed by atoms with Crippen LogP contribution in [-0.2, 0) is 17.6 Å². The quantitative estimate of drug-likeness (QED) is 0.822. The largest absolute Gasteiger partial charge is 0.480 e. The number of carboxylic acids is 1. The highest BCUT2D eigenvalue weighted by Gasteiger charge is 2.19. The van der Waals surface area contributed by atoms with E-state index in [0.717, 1.165) is 31.4 Å². The maximum Gasteiger partial charge on any atom is 0.326 e. The fraction of sp³-hybridized carbons (Fsp3) is 0.562. The minimum atomic E-state index is -0.748. The third-order valence-electron chi connectivity index (χ3n) is 3.87. The van der Waals surface area contributed by atoms with Gasteiger partial charge in [0.25, 0.3) is 0 Å². The van der Waals surface area contributed by atoms with Gasteiger partial charge < -0.3 is 10.4 Å². The highest BCUT2D eigenvalue weighted by molar-refractivity contribution is 5.78. The fourth-order valence-electron chi connectivity index (χ4n) is 2.77. The van der Waals surface area contributed by atoms with Gasteiger partial charge in [-0.15, -0.1) is 0 Å². The number of carboxylic acid groups (broad SMARTS) is 1. The van der Waals surface area contributed by atoms with Gasteiger partial charge in [-0.25, -0.2) is 4.79 Å². The molecule has 1 atom stereocenters. The lowest BCUT2D eigenvalue weighted by molar-refractivity contribution is -0.138. The minimum absolute atomic E-state index is 0.464. The Morgan fingerprint density at radius 3 is 2.89 bits per heavy atom. The average molecular weight is 261 g/mol. The highest BCUT2D eigenvalue weighted by Crippen LogP contribution is 2.28. The first-order valence-electron chi connectivity index (χ1n) is 7.32. The fourth-order valence-corrected chi connectivity index (χ4v) is 2.77. The van der Waals surface area contributed by atoms with E-state index in [-0.39, 0.29) is 0 Å². The second kappa shape index (κ2) is 6.60. The van der Waals surface area contributed by atoms with Crippen LogP contribution in [0, 0.1) is 0 Å². The van der Waals surface area contributed by atoms with Crippen molar-refractivity contribution in [1.29, 1.82) is 0 Å². The highest BCUT2D eigenvalue weighted by atomic mass is 16.4. The van der Waals surface area contributed by atoms with Crippen LogP contribution in [0.3, 0.4) is 0 Å². The lowest BCUT2D eigenvalue weighted by Crippen LogP contribution is -2.30. The van der Waals surface area contributed by atoms with Gasteiger partial charge in [0.15, 0.2) is 0 Å². The summed E-state index contributed by atoms with van der Waals surface area (Å²) in [6.07, 6.45) is 7.30. The number of hydrogen-bond acceptors (Lipinski definition) is 2. The molecule has 3 heteroatoms. The molecule has 3 nitrogen and oxygen atoms in total. The third kappa shape index (κ3) is 3.49. The minimum Gasteiger partial charge on any atom is -0.480 e. The molecule has 0 fully saturated rings. The number of aryl methyl sites for hydroxylation is 1. The summed E-state index contributed by atoms with van der Waals surface area (Å²) in [6.45, 7) is 2.09. The molecule has 0 amide bonds. The summed E-state index contributed by atoms with van der Waals surface area (Å²) in [4.78, 5) is 11.3. The zero-order valence-corrected chi connectivity index (χ0v) is 11.6. The second-order valence-corrected chi connectivity index (χ2v) is 5.33. The Balaban J connectivity index is 2.14. The van der Waals surface area contributed by atoms with Crippen molar-refractivity contribution in [2.75, 3.05) is 5.32 Å². The van der Waals surface area contributed by atoms with Crippen LogP contribution < -0.4 is 5.32 Å². The Labute approximate surface area is 115 Å². The van der Waals surface area contributed by atoms with Crippen molar-refractivity contribution >= 4 is 11.7 Å². The van der Waals surface area contributed by atoms with E-state index in [2.05, 4.69) is 18.3 Å². The van der Waals surface area contributed by atoms with Gasteiger partial charge in [0, 0.05) is 5.69 Å². The number of aliphatic carboxylic acids is 1. The monoisotopic (exact) mass is 261 g/mol. The average Bonchev–Trinajstić information content (AvgIpc) is 2.43. The van der Waals surface area contributed by atoms with Crippen LogP contribution in [0.25, 0.3) is 0 Å². The number of rotatable bonds is 6. The van der Waals surface area contributed by atoms with Gasteiger partial charge in [0.1, 0.15) is 6.04 Å². The van der Waals surface area contributed by atoms with E-state index in [1.54, 1.807) is 0 Å². The van der Waals surface area contributed by atoms with Crippen LogP contribution in [0.15, 0.2) is 18.2 Å². The molecule has 19 heavy (non-hydrogen) atoms. The van der Waals surface area contributed by atoms with E-state index in [1.165, 1.54) is 24.0 Å². The summed E-state index contributed by atoms with van der Waals surface area (Å²) >= 11 is 0. The summed E-state index contributed by atoms with van der Waals surface area (Å²) in [5.74, 6) is -0.748. The molecule has 0 bridgehead atoms. The summed E-state index contributed by atoms with van der Waals surface area (Å²) < 4.78 is 0. The summed E-state index contributed by atoms with van der Waals surface area (Å²) in [5.41, 5.74) is 3.74. The number of unbranched alkanes of at least 4 members (excludes halogenated alkanes) is 1. The summed E-state index contributed by atoms with van der Waals surface area (Å²) in [6, 6.07) is 5.76. The van der Waals surface area contributed by atoms with E-state index < -0.39 is 12.0 Å². The molecule has 0 aliphatic heterocycles. The zero-order chi connectivity index (χ0) is 13.7. The predicted molar refractivity (Wildman–Crippen MR) is 77.7 cm³/mol. The molecule has 104 valence electrons. The van der Waals surface area contributed by atoms with Crippen molar-refractivity contribution in [2.24, 2.45) is 0 Å². The summed E-state index contributed by atoms with van der Waals surface area (Å²) in [5, 5.41) is 12.5. The Hall–Kier alpha value is -1.51. The third-order valence-corrected chi connectivity index (χ3v) is 3.87. The maximum absolute atomic E-state index is 11.3. The van der Waals surface area contributed by atoms with Crippen LogP contribution in [-0.4, -0.2) is 17.1 Å². The van der Waals surface area contributed by atoms with Gasteiger partial charge in [-0.05, 0) is 49.3 Å². The van der Waals surface area contributed by atoms with Crippen LogP contribution >= 0.6 is 0 Å². The van der Waals surface area contributed by atoms with Gasteiger partial charge in [-0.1, -0.05) is 31.9 Å². The van der Waals surface area contributed by atoms with E-state index in [0.29, 0.717) is 6.42 Å². The first-order valence-corrected chi connectivity index (χ1v) is 7.32. The molecular weight excluding hydrogens is 238 g/mol. The molecule has 1 aromatic carbocycles. The van der Waals surface area contributed by atoms with Gasteiger partial charge in [-0.2, -0.15) is 0 Å².